The van der Waals surface area contributed by atoms with Gasteiger partial charge in [-0.15, -0.1) is 5.10 Å². The Hall–Kier alpha value is -1.73. The van der Waals surface area contributed by atoms with Crippen LogP contribution in [-0.4, -0.2) is 36.7 Å². The van der Waals surface area contributed by atoms with Crippen LogP contribution in [0.4, 0.5) is 0 Å². The maximum atomic E-state index is 11.4. The van der Waals surface area contributed by atoms with Gasteiger partial charge in [-0.1, -0.05) is 17.3 Å². The fourth-order valence-corrected chi connectivity index (χ4v) is 2.66. The van der Waals surface area contributed by atoms with E-state index in [0.717, 1.165) is 11.3 Å². The maximum absolute atomic E-state index is 11.4. The Bertz CT molecular complexity index is 677. The number of sulfone groups is 1. The molecule has 1 heterocycles. The number of benzene rings is 1. The van der Waals surface area contributed by atoms with Crippen molar-refractivity contribution in [2.45, 2.75) is 17.4 Å². The predicted molar refractivity (Wildman–Crippen MR) is 76.1 cm³/mol. The molecule has 2 rings (SSSR count). The molecule has 6 nitrogen and oxygen atoms in total. The van der Waals surface area contributed by atoms with Crippen LogP contribution in [0.15, 0.2) is 35.4 Å². The van der Waals surface area contributed by atoms with Gasteiger partial charge in [-0.3, -0.25) is 4.68 Å². The molecule has 0 aliphatic rings. The minimum atomic E-state index is -3.15. The number of hydrogen-bond acceptors (Lipinski definition) is 5. The standard InChI is InChI=1S/C13H18N4O2S/c1-14-13(8-11-9-17(2)16-15-11)10-4-6-12(7-5-10)20(3,18)19/h4-7,9,13-14H,8H2,1-3H3. The first-order valence-corrected chi connectivity index (χ1v) is 8.12. The third-order valence-electron chi connectivity index (χ3n) is 3.12. The Balaban J connectivity index is 2.19. The Kier molecular flexibility index (Phi) is 4.20. The van der Waals surface area contributed by atoms with Crippen molar-refractivity contribution >= 4 is 9.84 Å². The lowest BCUT2D eigenvalue weighted by molar-refractivity contribution is 0.582. The Morgan fingerprint density at radius 3 is 2.40 bits per heavy atom. The summed E-state index contributed by atoms with van der Waals surface area (Å²) in [6.45, 7) is 0. The van der Waals surface area contributed by atoms with Crippen LogP contribution >= 0.6 is 0 Å². The molecule has 1 atom stereocenters. The molecule has 20 heavy (non-hydrogen) atoms. The predicted octanol–water partition coefficient (Wildman–Crippen LogP) is 0.722. The Labute approximate surface area is 118 Å². The highest BCUT2D eigenvalue weighted by atomic mass is 32.2. The number of aryl methyl sites for hydroxylation is 1. The van der Waals surface area contributed by atoms with E-state index >= 15 is 0 Å². The second-order valence-corrected chi connectivity index (χ2v) is 6.79. The SMILES string of the molecule is CNC(Cc1cn(C)nn1)c1ccc(S(C)(=O)=O)cc1. The van der Waals surface area contributed by atoms with E-state index in [1.807, 2.05) is 32.4 Å². The highest BCUT2D eigenvalue weighted by Crippen LogP contribution is 2.19. The van der Waals surface area contributed by atoms with Gasteiger partial charge in [0, 0.05) is 32.0 Å². The van der Waals surface area contributed by atoms with Crippen LogP contribution < -0.4 is 5.32 Å². The largest absolute Gasteiger partial charge is 0.313 e. The van der Waals surface area contributed by atoms with E-state index in [0.29, 0.717) is 11.3 Å². The van der Waals surface area contributed by atoms with Gasteiger partial charge in [-0.05, 0) is 24.7 Å². The van der Waals surface area contributed by atoms with E-state index in [9.17, 15) is 8.42 Å². The molecule has 1 aromatic carbocycles. The van der Waals surface area contributed by atoms with Crippen LogP contribution in [0.25, 0.3) is 0 Å². The normalized spacial score (nSPS) is 13.3. The molecule has 0 spiro atoms. The van der Waals surface area contributed by atoms with Crippen molar-refractivity contribution in [2.75, 3.05) is 13.3 Å². The van der Waals surface area contributed by atoms with E-state index in [1.54, 1.807) is 16.8 Å². The molecule has 2 aromatic rings. The Morgan fingerprint density at radius 2 is 1.95 bits per heavy atom. The maximum Gasteiger partial charge on any atom is 0.175 e. The molecule has 0 saturated carbocycles. The van der Waals surface area contributed by atoms with E-state index < -0.39 is 9.84 Å². The second kappa shape index (κ2) is 5.72. The first kappa shape index (κ1) is 14.7. The van der Waals surface area contributed by atoms with Crippen molar-refractivity contribution in [3.63, 3.8) is 0 Å². The lowest BCUT2D eigenvalue weighted by atomic mass is 10.0. The van der Waals surface area contributed by atoms with Gasteiger partial charge in [-0.25, -0.2) is 8.42 Å². The van der Waals surface area contributed by atoms with Gasteiger partial charge in [0.05, 0.1) is 10.6 Å². The molecule has 1 aromatic heterocycles. The average Bonchev–Trinajstić information content (AvgIpc) is 2.81. The minimum Gasteiger partial charge on any atom is -0.313 e. The summed E-state index contributed by atoms with van der Waals surface area (Å²) in [4.78, 5) is 0.329. The van der Waals surface area contributed by atoms with Gasteiger partial charge in [0.2, 0.25) is 0 Å². The van der Waals surface area contributed by atoms with E-state index in [4.69, 9.17) is 0 Å². The smallest absolute Gasteiger partial charge is 0.175 e. The first-order valence-electron chi connectivity index (χ1n) is 6.22. The zero-order valence-electron chi connectivity index (χ0n) is 11.7. The van der Waals surface area contributed by atoms with Crippen LogP contribution in [-0.2, 0) is 23.3 Å². The zero-order chi connectivity index (χ0) is 14.8. The Morgan fingerprint density at radius 1 is 1.30 bits per heavy atom. The summed E-state index contributed by atoms with van der Waals surface area (Å²) in [7, 11) is 0.538. The average molecular weight is 294 g/mol. The van der Waals surface area contributed by atoms with Gasteiger partial charge in [0.15, 0.2) is 9.84 Å². The molecule has 1 N–H and O–H groups in total. The molecular weight excluding hydrogens is 276 g/mol. The summed E-state index contributed by atoms with van der Waals surface area (Å²) in [5.41, 5.74) is 1.91. The highest BCUT2D eigenvalue weighted by molar-refractivity contribution is 7.90. The molecule has 0 aliphatic heterocycles. The molecule has 7 heteroatoms. The highest BCUT2D eigenvalue weighted by Gasteiger charge is 2.14. The van der Waals surface area contributed by atoms with Crippen LogP contribution in [0.1, 0.15) is 17.3 Å². The second-order valence-electron chi connectivity index (χ2n) is 4.77. The molecule has 0 amide bonds. The van der Waals surface area contributed by atoms with Crippen molar-refractivity contribution in [1.82, 2.24) is 20.3 Å². The van der Waals surface area contributed by atoms with Crippen molar-refractivity contribution in [1.29, 1.82) is 0 Å². The minimum absolute atomic E-state index is 0.0697. The van der Waals surface area contributed by atoms with Gasteiger partial charge < -0.3 is 5.32 Å². The third kappa shape index (κ3) is 3.43. The summed E-state index contributed by atoms with van der Waals surface area (Å²) in [5.74, 6) is 0. The fraction of sp³-hybridized carbons (Fsp3) is 0.385. The van der Waals surface area contributed by atoms with Crippen molar-refractivity contribution < 1.29 is 8.42 Å². The molecule has 1 unspecified atom stereocenters. The molecule has 0 bridgehead atoms. The molecule has 0 fully saturated rings. The van der Waals surface area contributed by atoms with E-state index in [-0.39, 0.29) is 6.04 Å². The van der Waals surface area contributed by atoms with Crippen molar-refractivity contribution in [3.8, 4) is 0 Å². The number of likely N-dealkylation sites (N-methyl/N-ethyl adjacent to an activating group) is 1. The van der Waals surface area contributed by atoms with Crippen molar-refractivity contribution in [3.05, 3.63) is 41.7 Å². The van der Waals surface area contributed by atoms with Gasteiger partial charge >= 0.3 is 0 Å². The number of nitrogens with zero attached hydrogens (tertiary/aromatic N) is 3. The van der Waals surface area contributed by atoms with Gasteiger partial charge in [0.25, 0.3) is 0 Å². The molecule has 0 radical (unpaired) electrons. The third-order valence-corrected chi connectivity index (χ3v) is 4.25. The quantitative estimate of drug-likeness (QED) is 0.879. The summed E-state index contributed by atoms with van der Waals surface area (Å²) in [6.07, 6.45) is 3.77. The van der Waals surface area contributed by atoms with Crippen LogP contribution in [0.5, 0.6) is 0 Å². The number of rotatable bonds is 5. The van der Waals surface area contributed by atoms with Crippen molar-refractivity contribution in [2.24, 2.45) is 7.05 Å². The number of hydrogen-bond donors (Lipinski definition) is 1. The van der Waals surface area contributed by atoms with Gasteiger partial charge in [-0.2, -0.15) is 0 Å². The molecular formula is C13H18N4O2S. The summed E-state index contributed by atoms with van der Waals surface area (Å²) in [5, 5.41) is 11.2. The first-order chi connectivity index (χ1) is 9.40. The van der Waals surface area contributed by atoms with Crippen LogP contribution in [0, 0.1) is 0 Å². The van der Waals surface area contributed by atoms with Crippen LogP contribution in [0.2, 0.25) is 0 Å². The monoisotopic (exact) mass is 294 g/mol. The summed E-state index contributed by atoms with van der Waals surface area (Å²) >= 11 is 0. The number of aromatic nitrogens is 3. The topological polar surface area (TPSA) is 76.9 Å². The summed E-state index contributed by atoms with van der Waals surface area (Å²) < 4.78 is 24.5. The lowest BCUT2D eigenvalue weighted by Crippen LogP contribution is -2.19. The molecule has 0 saturated heterocycles. The zero-order valence-corrected chi connectivity index (χ0v) is 12.6. The number of nitrogens with one attached hydrogen (secondary N) is 1. The summed E-state index contributed by atoms with van der Waals surface area (Å²) in [6, 6.07) is 6.99. The lowest BCUT2D eigenvalue weighted by Gasteiger charge is -2.15. The van der Waals surface area contributed by atoms with E-state index in [2.05, 4.69) is 15.6 Å². The molecule has 0 aliphatic carbocycles. The molecule has 108 valence electrons. The fourth-order valence-electron chi connectivity index (χ4n) is 2.03. The van der Waals surface area contributed by atoms with Gasteiger partial charge in [0.1, 0.15) is 0 Å². The van der Waals surface area contributed by atoms with E-state index in [1.165, 1.54) is 6.26 Å². The van der Waals surface area contributed by atoms with Crippen LogP contribution in [0.3, 0.4) is 0 Å².